The third-order valence-corrected chi connectivity index (χ3v) is 4.62. The van der Waals surface area contributed by atoms with Crippen LogP contribution < -0.4 is 14.8 Å². The van der Waals surface area contributed by atoms with Crippen molar-refractivity contribution in [1.82, 2.24) is 4.72 Å². The summed E-state index contributed by atoms with van der Waals surface area (Å²) in [5.41, 5.74) is 0.382. The molecular formula is C16H16N2O7S. The van der Waals surface area contributed by atoms with E-state index < -0.39 is 34.1 Å². The van der Waals surface area contributed by atoms with Crippen molar-refractivity contribution in [3.63, 3.8) is 0 Å². The van der Waals surface area contributed by atoms with Gasteiger partial charge < -0.3 is 20.3 Å². The predicted molar refractivity (Wildman–Crippen MR) is 91.8 cm³/mol. The minimum absolute atomic E-state index is 0.180. The van der Waals surface area contributed by atoms with E-state index in [2.05, 4.69) is 10.0 Å². The van der Waals surface area contributed by atoms with Crippen molar-refractivity contribution in [3.05, 3.63) is 42.5 Å². The highest BCUT2D eigenvalue weighted by atomic mass is 32.2. The minimum atomic E-state index is -3.85. The normalized spacial score (nSPS) is 11.0. The number of benzene rings is 2. The van der Waals surface area contributed by atoms with Crippen LogP contribution in [-0.4, -0.2) is 37.6 Å². The molecule has 0 atom stereocenters. The Labute approximate surface area is 149 Å². The molecule has 2 aromatic carbocycles. The second-order valence-electron chi connectivity index (χ2n) is 5.08. The van der Waals surface area contributed by atoms with Gasteiger partial charge in [-0.25, -0.2) is 13.1 Å². The highest BCUT2D eigenvalue weighted by molar-refractivity contribution is 7.89. The highest BCUT2D eigenvalue weighted by Crippen LogP contribution is 2.30. The topological polar surface area (TPSA) is 142 Å². The molecule has 0 fully saturated rings. The van der Waals surface area contributed by atoms with Crippen molar-refractivity contribution < 1.29 is 33.0 Å². The number of carboxylic acids is 1. The zero-order chi connectivity index (χ0) is 19.3. The first-order valence-corrected chi connectivity index (χ1v) is 8.75. The van der Waals surface area contributed by atoms with Crippen molar-refractivity contribution in [2.24, 2.45) is 0 Å². The van der Waals surface area contributed by atoms with Crippen LogP contribution in [0.1, 0.15) is 6.42 Å². The third kappa shape index (κ3) is 4.94. The van der Waals surface area contributed by atoms with E-state index in [9.17, 15) is 23.1 Å². The molecule has 0 spiro atoms. The summed E-state index contributed by atoms with van der Waals surface area (Å²) in [5.74, 6) is -1.78. The number of hydrogen-bond acceptors (Lipinski definition) is 6. The number of phenols is 1. The lowest BCUT2D eigenvalue weighted by molar-refractivity contribution is -0.139. The van der Waals surface area contributed by atoms with E-state index in [1.54, 1.807) is 0 Å². The fourth-order valence-corrected chi connectivity index (χ4v) is 2.80. The van der Waals surface area contributed by atoms with Crippen LogP contribution >= 0.6 is 0 Å². The fourth-order valence-electron chi connectivity index (χ4n) is 1.97. The van der Waals surface area contributed by atoms with Gasteiger partial charge in [-0.2, -0.15) is 0 Å². The van der Waals surface area contributed by atoms with Crippen LogP contribution in [0.5, 0.6) is 17.2 Å². The number of hydrogen-bond donors (Lipinski definition) is 4. The van der Waals surface area contributed by atoms with E-state index in [1.807, 2.05) is 0 Å². The molecule has 0 bridgehead atoms. The number of anilines is 1. The maximum absolute atomic E-state index is 11.8. The Morgan fingerprint density at radius 1 is 1.08 bits per heavy atom. The Kier molecular flexibility index (Phi) is 5.80. The van der Waals surface area contributed by atoms with Gasteiger partial charge in [-0.1, -0.05) is 0 Å². The van der Waals surface area contributed by atoms with Crippen LogP contribution in [0, 0.1) is 0 Å². The van der Waals surface area contributed by atoms with E-state index in [1.165, 1.54) is 49.5 Å². The van der Waals surface area contributed by atoms with Crippen LogP contribution in [0.4, 0.5) is 5.69 Å². The molecule has 9 nitrogen and oxygen atoms in total. The number of phenolic OH excluding ortho intramolecular Hbond substituents is 1. The average molecular weight is 380 g/mol. The molecular weight excluding hydrogens is 364 g/mol. The van der Waals surface area contributed by atoms with Crippen molar-refractivity contribution in [2.75, 3.05) is 12.4 Å². The standard InChI is InChI=1S/C16H16N2O7S/c1-17-26(23,24)14-8-12(6-7-13(14)19)25-11-4-2-10(3-5-11)18-15(20)9-16(21)22/h2-8,17,19H,9H2,1H3,(H,18,20)(H,21,22). The van der Waals surface area contributed by atoms with Gasteiger partial charge in [0.2, 0.25) is 15.9 Å². The molecule has 2 rings (SSSR count). The van der Waals surface area contributed by atoms with Crippen molar-refractivity contribution >= 4 is 27.6 Å². The SMILES string of the molecule is CNS(=O)(=O)c1cc(Oc2ccc(NC(=O)CC(=O)O)cc2)ccc1O. The zero-order valence-corrected chi connectivity index (χ0v) is 14.4. The number of carbonyl (C=O) groups is 2. The van der Waals surface area contributed by atoms with E-state index in [4.69, 9.17) is 9.84 Å². The molecule has 10 heteroatoms. The molecule has 0 aliphatic rings. The Hall–Kier alpha value is -3.11. The number of sulfonamides is 1. The zero-order valence-electron chi connectivity index (χ0n) is 13.6. The van der Waals surface area contributed by atoms with Crippen LogP contribution in [-0.2, 0) is 19.6 Å². The number of ether oxygens (including phenoxy) is 1. The maximum Gasteiger partial charge on any atom is 0.312 e. The van der Waals surface area contributed by atoms with Crippen LogP contribution in [0.2, 0.25) is 0 Å². The molecule has 0 aliphatic carbocycles. The number of aromatic hydroxyl groups is 1. The van der Waals surface area contributed by atoms with E-state index >= 15 is 0 Å². The summed E-state index contributed by atoms with van der Waals surface area (Å²) < 4.78 is 31.3. The first-order chi connectivity index (χ1) is 12.2. The van der Waals surface area contributed by atoms with Crippen LogP contribution in [0.15, 0.2) is 47.4 Å². The fraction of sp³-hybridized carbons (Fsp3) is 0.125. The van der Waals surface area contributed by atoms with Gasteiger partial charge in [-0.3, -0.25) is 9.59 Å². The lowest BCUT2D eigenvalue weighted by Crippen LogP contribution is -2.18. The Morgan fingerprint density at radius 2 is 1.69 bits per heavy atom. The van der Waals surface area contributed by atoms with Gasteiger partial charge in [-0.15, -0.1) is 0 Å². The number of carboxylic acid groups (broad SMARTS) is 1. The van der Waals surface area contributed by atoms with Crippen molar-refractivity contribution in [3.8, 4) is 17.2 Å². The summed E-state index contributed by atoms with van der Waals surface area (Å²) in [6, 6.07) is 9.78. The molecule has 0 aliphatic heterocycles. The van der Waals surface area contributed by atoms with Gasteiger partial charge >= 0.3 is 5.97 Å². The Bertz CT molecular complexity index is 924. The molecule has 4 N–H and O–H groups in total. The van der Waals surface area contributed by atoms with Gasteiger partial charge in [0, 0.05) is 11.8 Å². The summed E-state index contributed by atoms with van der Waals surface area (Å²) in [4.78, 5) is 21.5. The second-order valence-corrected chi connectivity index (χ2v) is 6.94. The molecule has 0 saturated heterocycles. The van der Waals surface area contributed by atoms with Crippen LogP contribution in [0.25, 0.3) is 0 Å². The lowest BCUT2D eigenvalue weighted by Gasteiger charge is -2.10. The molecule has 0 radical (unpaired) electrons. The lowest BCUT2D eigenvalue weighted by atomic mass is 10.3. The Balaban J connectivity index is 2.13. The first kappa shape index (κ1) is 19.2. The Morgan fingerprint density at radius 3 is 2.27 bits per heavy atom. The second kappa shape index (κ2) is 7.85. The predicted octanol–water partition coefficient (Wildman–Crippen LogP) is 1.51. The molecule has 0 saturated carbocycles. The quantitative estimate of drug-likeness (QED) is 0.533. The molecule has 1 amide bonds. The average Bonchev–Trinajstić information content (AvgIpc) is 2.57. The van der Waals surface area contributed by atoms with E-state index in [-0.39, 0.29) is 10.6 Å². The van der Waals surface area contributed by atoms with Crippen molar-refractivity contribution in [2.45, 2.75) is 11.3 Å². The number of rotatable bonds is 7. The molecule has 0 aromatic heterocycles. The molecule has 2 aromatic rings. The van der Waals surface area contributed by atoms with Gasteiger partial charge in [0.15, 0.2) is 0 Å². The molecule has 0 heterocycles. The number of nitrogens with one attached hydrogen (secondary N) is 2. The van der Waals surface area contributed by atoms with Crippen LogP contribution in [0.3, 0.4) is 0 Å². The van der Waals surface area contributed by atoms with Gasteiger partial charge in [0.1, 0.15) is 28.6 Å². The van der Waals surface area contributed by atoms with Gasteiger partial charge in [0.05, 0.1) is 0 Å². The summed E-state index contributed by atoms with van der Waals surface area (Å²) in [6.45, 7) is 0. The summed E-state index contributed by atoms with van der Waals surface area (Å²) >= 11 is 0. The number of amides is 1. The minimum Gasteiger partial charge on any atom is -0.507 e. The molecule has 138 valence electrons. The summed E-state index contributed by atoms with van der Waals surface area (Å²) in [7, 11) is -2.63. The maximum atomic E-state index is 11.8. The highest BCUT2D eigenvalue weighted by Gasteiger charge is 2.17. The smallest absolute Gasteiger partial charge is 0.312 e. The molecule has 26 heavy (non-hydrogen) atoms. The first-order valence-electron chi connectivity index (χ1n) is 7.27. The third-order valence-electron chi connectivity index (χ3n) is 3.18. The van der Waals surface area contributed by atoms with E-state index in [0.29, 0.717) is 11.4 Å². The summed E-state index contributed by atoms with van der Waals surface area (Å²) in [5, 5.41) is 20.6. The monoisotopic (exact) mass is 380 g/mol. The van der Waals surface area contributed by atoms with Gasteiger partial charge in [0.25, 0.3) is 0 Å². The number of carbonyl (C=O) groups excluding carboxylic acids is 1. The largest absolute Gasteiger partial charge is 0.507 e. The van der Waals surface area contributed by atoms with Gasteiger partial charge in [-0.05, 0) is 43.4 Å². The van der Waals surface area contributed by atoms with E-state index in [0.717, 1.165) is 0 Å². The summed E-state index contributed by atoms with van der Waals surface area (Å²) in [6.07, 6.45) is -0.644. The van der Waals surface area contributed by atoms with Crippen molar-refractivity contribution in [1.29, 1.82) is 0 Å². The molecule has 0 unspecified atom stereocenters. The number of aliphatic carboxylic acids is 1.